The van der Waals surface area contributed by atoms with Gasteiger partial charge in [-0.2, -0.15) is 11.8 Å². The molecule has 0 spiro atoms. The molecular weight excluding hydrogens is 472 g/mol. The molecule has 2 saturated heterocycles. The summed E-state index contributed by atoms with van der Waals surface area (Å²) in [7, 11) is 0. The third-order valence-corrected chi connectivity index (χ3v) is 8.07. The van der Waals surface area contributed by atoms with Crippen molar-refractivity contribution in [1.29, 1.82) is 0 Å². The first-order valence-corrected chi connectivity index (χ1v) is 13.1. The number of hydrogen-bond acceptors (Lipinski definition) is 5. The highest BCUT2D eigenvalue weighted by atomic mass is 35.5. The first kappa shape index (κ1) is 23.1. The van der Waals surface area contributed by atoms with E-state index in [1.165, 1.54) is 0 Å². The van der Waals surface area contributed by atoms with Gasteiger partial charge < -0.3 is 15.1 Å². The van der Waals surface area contributed by atoms with E-state index in [1.807, 2.05) is 43.0 Å². The molecule has 0 aromatic heterocycles. The van der Waals surface area contributed by atoms with Gasteiger partial charge in [0.25, 0.3) is 5.91 Å². The van der Waals surface area contributed by atoms with E-state index in [2.05, 4.69) is 10.2 Å². The Morgan fingerprint density at radius 3 is 2.68 bits per heavy atom. The first-order chi connectivity index (χ1) is 16.4. The highest BCUT2D eigenvalue weighted by molar-refractivity contribution is 7.99. The van der Waals surface area contributed by atoms with Gasteiger partial charge in [0.15, 0.2) is 0 Å². The standard InChI is InChI=1S/C25H27ClN4O3S/c1-25-10-8-23(32)30(25)20-5-3-2-4-18(20)24(33)29(25)11-9-22(31)27-19-16-17(26)6-7-21(19)28-12-14-34-15-13-28/h2-7,16H,8-15H2,1H3,(H,27,31). The number of thioether (sulfide) groups is 1. The van der Waals surface area contributed by atoms with Gasteiger partial charge in [-0.1, -0.05) is 23.7 Å². The fourth-order valence-corrected chi connectivity index (χ4v) is 6.23. The number of benzene rings is 2. The Bertz CT molecular complexity index is 1150. The molecular formula is C25H27ClN4O3S. The zero-order chi connectivity index (χ0) is 23.9. The average molecular weight is 499 g/mol. The Kier molecular flexibility index (Phi) is 6.20. The van der Waals surface area contributed by atoms with Crippen LogP contribution in [0, 0.1) is 0 Å². The number of halogens is 1. The molecule has 1 N–H and O–H groups in total. The Balaban J connectivity index is 1.34. The molecule has 3 amide bonds. The van der Waals surface area contributed by atoms with Crippen LogP contribution in [-0.4, -0.2) is 59.4 Å². The van der Waals surface area contributed by atoms with Gasteiger partial charge in [0.05, 0.1) is 22.6 Å². The second-order valence-corrected chi connectivity index (χ2v) is 10.6. The minimum absolute atomic E-state index is 0.000153. The maximum Gasteiger partial charge on any atom is 0.257 e. The van der Waals surface area contributed by atoms with Crippen LogP contribution in [0.25, 0.3) is 0 Å². The van der Waals surface area contributed by atoms with Gasteiger partial charge in [-0.3, -0.25) is 19.3 Å². The lowest BCUT2D eigenvalue weighted by atomic mass is 9.98. The molecule has 2 aromatic carbocycles. The van der Waals surface area contributed by atoms with Crippen molar-refractivity contribution in [3.05, 3.63) is 53.1 Å². The molecule has 34 heavy (non-hydrogen) atoms. The van der Waals surface area contributed by atoms with Crippen LogP contribution in [0.15, 0.2) is 42.5 Å². The maximum absolute atomic E-state index is 13.4. The van der Waals surface area contributed by atoms with Crippen LogP contribution in [0.2, 0.25) is 5.02 Å². The summed E-state index contributed by atoms with van der Waals surface area (Å²) in [6.07, 6.45) is 1.03. The van der Waals surface area contributed by atoms with E-state index < -0.39 is 5.66 Å². The topological polar surface area (TPSA) is 73.0 Å². The number of fused-ring (bicyclic) bond motifs is 3. The van der Waals surface area contributed by atoms with Gasteiger partial charge in [-0.25, -0.2) is 0 Å². The zero-order valence-corrected chi connectivity index (χ0v) is 20.6. The summed E-state index contributed by atoms with van der Waals surface area (Å²) in [6, 6.07) is 12.8. The van der Waals surface area contributed by atoms with Crippen LogP contribution >= 0.6 is 23.4 Å². The van der Waals surface area contributed by atoms with Crippen molar-refractivity contribution in [2.24, 2.45) is 0 Å². The van der Waals surface area contributed by atoms with Gasteiger partial charge in [0.1, 0.15) is 5.66 Å². The van der Waals surface area contributed by atoms with Crippen molar-refractivity contribution in [3.63, 3.8) is 0 Å². The van der Waals surface area contributed by atoms with Crippen molar-refractivity contribution in [3.8, 4) is 0 Å². The van der Waals surface area contributed by atoms with E-state index in [-0.39, 0.29) is 30.7 Å². The predicted octanol–water partition coefficient (Wildman–Crippen LogP) is 4.22. The van der Waals surface area contributed by atoms with Gasteiger partial charge in [-0.15, -0.1) is 0 Å². The normalized spacial score (nSPS) is 22.0. The van der Waals surface area contributed by atoms with Crippen LogP contribution < -0.4 is 15.1 Å². The molecule has 3 heterocycles. The van der Waals surface area contributed by atoms with E-state index in [0.717, 1.165) is 30.3 Å². The molecule has 1 unspecified atom stereocenters. The lowest BCUT2D eigenvalue weighted by Gasteiger charge is -2.48. The molecule has 0 bridgehead atoms. The summed E-state index contributed by atoms with van der Waals surface area (Å²) in [5, 5.41) is 3.57. The average Bonchev–Trinajstić information content (AvgIpc) is 3.14. The fourth-order valence-electron chi connectivity index (χ4n) is 5.16. The number of amides is 3. The van der Waals surface area contributed by atoms with Crippen molar-refractivity contribution < 1.29 is 14.4 Å². The minimum Gasteiger partial charge on any atom is -0.368 e. The second-order valence-electron chi connectivity index (χ2n) is 8.98. The number of hydrogen-bond donors (Lipinski definition) is 1. The van der Waals surface area contributed by atoms with Crippen molar-refractivity contribution in [2.45, 2.75) is 31.8 Å². The molecule has 7 nitrogen and oxygen atoms in total. The van der Waals surface area contributed by atoms with Crippen LogP contribution in [0.1, 0.15) is 36.5 Å². The number of nitrogens with zero attached hydrogens (tertiary/aromatic N) is 3. The summed E-state index contributed by atoms with van der Waals surface area (Å²) < 4.78 is 0. The third kappa shape index (κ3) is 4.03. The molecule has 1 atom stereocenters. The highest BCUT2D eigenvalue weighted by Crippen LogP contribution is 2.44. The fraction of sp³-hybridized carbons (Fsp3) is 0.400. The summed E-state index contributed by atoms with van der Waals surface area (Å²) >= 11 is 8.16. The number of anilines is 3. The number of nitrogens with one attached hydrogen (secondary N) is 1. The number of carbonyl (C=O) groups excluding carboxylic acids is 3. The monoisotopic (exact) mass is 498 g/mol. The lowest BCUT2D eigenvalue weighted by Crippen LogP contribution is -2.62. The number of para-hydroxylation sites is 1. The van der Waals surface area contributed by atoms with E-state index >= 15 is 0 Å². The molecule has 0 radical (unpaired) electrons. The van der Waals surface area contributed by atoms with Gasteiger partial charge in [-0.05, 0) is 43.7 Å². The summed E-state index contributed by atoms with van der Waals surface area (Å²) in [4.78, 5) is 44.8. The van der Waals surface area contributed by atoms with Gasteiger partial charge >= 0.3 is 0 Å². The molecule has 3 aliphatic rings. The van der Waals surface area contributed by atoms with Crippen LogP contribution in [0.3, 0.4) is 0 Å². The second kappa shape index (κ2) is 9.15. The SMILES string of the molecule is CC12CCC(=O)N1c1ccccc1C(=O)N2CCC(=O)Nc1cc(Cl)ccc1N1CCSCC1. The summed E-state index contributed by atoms with van der Waals surface area (Å²) in [5.41, 5.74) is 2.02. The van der Waals surface area contributed by atoms with Crippen LogP contribution in [0.5, 0.6) is 0 Å². The van der Waals surface area contributed by atoms with E-state index in [1.54, 1.807) is 28.0 Å². The smallest absolute Gasteiger partial charge is 0.257 e. The predicted molar refractivity (Wildman–Crippen MR) is 137 cm³/mol. The van der Waals surface area contributed by atoms with Crippen molar-refractivity contribution in [1.82, 2.24) is 4.90 Å². The number of rotatable bonds is 5. The lowest BCUT2D eigenvalue weighted by molar-refractivity contribution is -0.117. The molecule has 2 aromatic rings. The molecule has 178 valence electrons. The van der Waals surface area contributed by atoms with Gasteiger partial charge in [0, 0.05) is 49.0 Å². The van der Waals surface area contributed by atoms with Gasteiger partial charge in [0.2, 0.25) is 11.8 Å². The Morgan fingerprint density at radius 2 is 1.88 bits per heavy atom. The molecule has 2 fully saturated rings. The molecule has 0 saturated carbocycles. The quantitative estimate of drug-likeness (QED) is 0.668. The summed E-state index contributed by atoms with van der Waals surface area (Å²) in [6.45, 7) is 3.96. The maximum atomic E-state index is 13.4. The molecule has 5 rings (SSSR count). The zero-order valence-electron chi connectivity index (χ0n) is 19.1. The third-order valence-electron chi connectivity index (χ3n) is 6.89. The van der Waals surface area contributed by atoms with E-state index in [4.69, 9.17) is 11.6 Å². The molecule has 9 heteroatoms. The van der Waals surface area contributed by atoms with E-state index in [9.17, 15) is 14.4 Å². The van der Waals surface area contributed by atoms with Crippen LogP contribution in [-0.2, 0) is 9.59 Å². The Morgan fingerprint density at radius 1 is 1.12 bits per heavy atom. The van der Waals surface area contributed by atoms with Crippen LogP contribution in [0.4, 0.5) is 17.1 Å². The Hall–Kier alpha value is -2.71. The molecule has 0 aliphatic carbocycles. The first-order valence-electron chi connectivity index (χ1n) is 11.5. The summed E-state index contributed by atoms with van der Waals surface area (Å²) in [5.74, 6) is 1.75. The number of carbonyl (C=O) groups is 3. The largest absolute Gasteiger partial charge is 0.368 e. The van der Waals surface area contributed by atoms with Crippen molar-refractivity contribution in [2.75, 3.05) is 46.3 Å². The minimum atomic E-state index is -0.768. The highest BCUT2D eigenvalue weighted by Gasteiger charge is 2.52. The van der Waals surface area contributed by atoms with E-state index in [0.29, 0.717) is 34.8 Å². The van der Waals surface area contributed by atoms with Crippen molar-refractivity contribution >= 4 is 58.1 Å². The molecule has 3 aliphatic heterocycles. The Labute approximate surface area is 208 Å².